The minimum atomic E-state index is -0.166. The number of aromatic nitrogens is 1. The SMILES string of the molecule is CC1(C)CC(O)CC(CNc2nccc3ccccc23)C1. The molecule has 112 valence electrons. The second-order valence-corrected chi connectivity index (χ2v) is 7.09. The fourth-order valence-corrected chi connectivity index (χ4v) is 3.71. The number of anilines is 1. The molecule has 1 aromatic heterocycles. The van der Waals surface area contributed by atoms with Crippen molar-refractivity contribution in [3.8, 4) is 0 Å². The molecule has 0 spiro atoms. The Morgan fingerprint density at radius 3 is 2.86 bits per heavy atom. The molecule has 2 unspecified atom stereocenters. The molecule has 0 amide bonds. The van der Waals surface area contributed by atoms with Crippen molar-refractivity contribution in [3.05, 3.63) is 36.5 Å². The van der Waals surface area contributed by atoms with Crippen LogP contribution in [-0.2, 0) is 0 Å². The Hall–Kier alpha value is -1.61. The number of nitrogens with one attached hydrogen (secondary N) is 1. The van der Waals surface area contributed by atoms with E-state index in [0.29, 0.717) is 5.92 Å². The fourth-order valence-electron chi connectivity index (χ4n) is 3.71. The van der Waals surface area contributed by atoms with E-state index in [1.165, 1.54) is 5.39 Å². The van der Waals surface area contributed by atoms with E-state index in [9.17, 15) is 5.11 Å². The highest BCUT2D eigenvalue weighted by atomic mass is 16.3. The van der Waals surface area contributed by atoms with Crippen LogP contribution in [0, 0.1) is 11.3 Å². The zero-order valence-electron chi connectivity index (χ0n) is 12.8. The Bertz CT molecular complexity index is 618. The van der Waals surface area contributed by atoms with Crippen molar-refractivity contribution < 1.29 is 5.11 Å². The van der Waals surface area contributed by atoms with Crippen LogP contribution < -0.4 is 5.32 Å². The van der Waals surface area contributed by atoms with Gasteiger partial charge in [0.1, 0.15) is 5.82 Å². The van der Waals surface area contributed by atoms with Crippen molar-refractivity contribution in [3.63, 3.8) is 0 Å². The van der Waals surface area contributed by atoms with E-state index < -0.39 is 0 Å². The Kier molecular flexibility index (Phi) is 3.85. The van der Waals surface area contributed by atoms with Gasteiger partial charge in [0, 0.05) is 18.1 Å². The van der Waals surface area contributed by atoms with Gasteiger partial charge >= 0.3 is 0 Å². The normalized spacial score (nSPS) is 24.9. The lowest BCUT2D eigenvalue weighted by Crippen LogP contribution is -2.34. The van der Waals surface area contributed by atoms with Crippen LogP contribution in [0.4, 0.5) is 5.82 Å². The lowest BCUT2D eigenvalue weighted by molar-refractivity contribution is 0.0377. The summed E-state index contributed by atoms with van der Waals surface area (Å²) in [7, 11) is 0. The van der Waals surface area contributed by atoms with Crippen molar-refractivity contribution in [2.75, 3.05) is 11.9 Å². The molecule has 2 N–H and O–H groups in total. The van der Waals surface area contributed by atoms with E-state index in [1.807, 2.05) is 24.4 Å². The molecule has 1 saturated carbocycles. The number of nitrogens with zero attached hydrogens (tertiary/aromatic N) is 1. The van der Waals surface area contributed by atoms with E-state index in [1.54, 1.807) is 0 Å². The molecule has 1 fully saturated rings. The van der Waals surface area contributed by atoms with Gasteiger partial charge in [0.2, 0.25) is 0 Å². The lowest BCUT2D eigenvalue weighted by atomic mass is 9.71. The number of rotatable bonds is 3. The van der Waals surface area contributed by atoms with Gasteiger partial charge in [-0.05, 0) is 42.0 Å². The van der Waals surface area contributed by atoms with Crippen LogP contribution in [0.15, 0.2) is 36.5 Å². The highest BCUT2D eigenvalue weighted by molar-refractivity contribution is 5.91. The monoisotopic (exact) mass is 284 g/mol. The summed E-state index contributed by atoms with van der Waals surface area (Å²) >= 11 is 0. The van der Waals surface area contributed by atoms with Gasteiger partial charge in [0.05, 0.1) is 6.10 Å². The second kappa shape index (κ2) is 5.64. The van der Waals surface area contributed by atoms with Gasteiger partial charge in [-0.2, -0.15) is 0 Å². The quantitative estimate of drug-likeness (QED) is 0.900. The number of hydrogen-bond donors (Lipinski definition) is 2. The van der Waals surface area contributed by atoms with E-state index >= 15 is 0 Å². The van der Waals surface area contributed by atoms with Crippen molar-refractivity contribution in [1.82, 2.24) is 4.98 Å². The number of benzene rings is 1. The van der Waals surface area contributed by atoms with Gasteiger partial charge in [-0.25, -0.2) is 4.98 Å². The summed E-state index contributed by atoms with van der Waals surface area (Å²) in [5.41, 5.74) is 0.232. The summed E-state index contributed by atoms with van der Waals surface area (Å²) in [4.78, 5) is 4.47. The Labute approximate surface area is 126 Å². The van der Waals surface area contributed by atoms with Gasteiger partial charge in [-0.1, -0.05) is 38.1 Å². The highest BCUT2D eigenvalue weighted by Crippen LogP contribution is 2.38. The lowest BCUT2D eigenvalue weighted by Gasteiger charge is -2.38. The molecule has 0 radical (unpaired) electrons. The Morgan fingerprint density at radius 2 is 2.05 bits per heavy atom. The molecule has 3 rings (SSSR count). The topological polar surface area (TPSA) is 45.1 Å². The van der Waals surface area contributed by atoms with Gasteiger partial charge in [0.15, 0.2) is 0 Å². The Morgan fingerprint density at radius 1 is 1.24 bits per heavy atom. The number of aliphatic hydroxyl groups excluding tert-OH is 1. The number of aliphatic hydroxyl groups is 1. The number of hydrogen-bond acceptors (Lipinski definition) is 3. The van der Waals surface area contributed by atoms with Crippen molar-refractivity contribution >= 4 is 16.6 Å². The first kappa shape index (κ1) is 14.3. The fraction of sp³-hybridized carbons (Fsp3) is 0.500. The predicted molar refractivity (Wildman–Crippen MR) is 87.4 cm³/mol. The summed E-state index contributed by atoms with van der Waals surface area (Å²) in [5.74, 6) is 1.45. The van der Waals surface area contributed by atoms with Gasteiger partial charge in [-0.3, -0.25) is 0 Å². The number of pyridine rings is 1. The third-order valence-electron chi connectivity index (χ3n) is 4.47. The average molecular weight is 284 g/mol. The second-order valence-electron chi connectivity index (χ2n) is 7.09. The Balaban J connectivity index is 1.72. The molecule has 21 heavy (non-hydrogen) atoms. The maximum Gasteiger partial charge on any atom is 0.133 e. The maximum absolute atomic E-state index is 10.0. The molecular weight excluding hydrogens is 260 g/mol. The molecule has 1 aromatic carbocycles. The molecule has 0 aliphatic heterocycles. The third-order valence-corrected chi connectivity index (χ3v) is 4.47. The van der Waals surface area contributed by atoms with Gasteiger partial charge < -0.3 is 10.4 Å². The molecule has 2 atom stereocenters. The largest absolute Gasteiger partial charge is 0.393 e. The maximum atomic E-state index is 10.0. The zero-order chi connectivity index (χ0) is 14.9. The van der Waals surface area contributed by atoms with Crippen LogP contribution in [0.25, 0.3) is 10.8 Å². The standard InChI is InChI=1S/C18H24N2O/c1-18(2)10-13(9-15(21)11-18)12-20-17-16-6-4-3-5-14(16)7-8-19-17/h3-8,13,15,21H,9-12H2,1-2H3,(H,19,20). The van der Waals surface area contributed by atoms with Crippen LogP contribution in [0.3, 0.4) is 0 Å². The summed E-state index contributed by atoms with van der Waals surface area (Å²) in [6.45, 7) is 5.37. The molecule has 1 aliphatic carbocycles. The number of fused-ring (bicyclic) bond motifs is 1. The van der Waals surface area contributed by atoms with Crippen LogP contribution in [0.1, 0.15) is 33.1 Å². The van der Waals surface area contributed by atoms with Gasteiger partial charge in [-0.15, -0.1) is 0 Å². The molecule has 1 heterocycles. The highest BCUT2D eigenvalue weighted by Gasteiger charge is 2.32. The third kappa shape index (κ3) is 3.35. The minimum Gasteiger partial charge on any atom is -0.393 e. The first-order chi connectivity index (χ1) is 10.0. The summed E-state index contributed by atoms with van der Waals surface area (Å²) < 4.78 is 0. The van der Waals surface area contributed by atoms with Crippen LogP contribution in [-0.4, -0.2) is 22.7 Å². The first-order valence-corrected chi connectivity index (χ1v) is 7.79. The van der Waals surface area contributed by atoms with Crippen molar-refractivity contribution in [2.45, 2.75) is 39.2 Å². The van der Waals surface area contributed by atoms with Gasteiger partial charge in [0.25, 0.3) is 0 Å². The predicted octanol–water partition coefficient (Wildman–Crippen LogP) is 3.83. The molecular formula is C18H24N2O. The molecule has 3 heteroatoms. The van der Waals surface area contributed by atoms with Crippen molar-refractivity contribution in [1.29, 1.82) is 0 Å². The van der Waals surface area contributed by atoms with E-state index in [0.717, 1.165) is 37.0 Å². The van der Waals surface area contributed by atoms with Crippen LogP contribution in [0.2, 0.25) is 0 Å². The van der Waals surface area contributed by atoms with E-state index in [4.69, 9.17) is 0 Å². The minimum absolute atomic E-state index is 0.166. The summed E-state index contributed by atoms with van der Waals surface area (Å²) in [6, 6.07) is 10.3. The smallest absolute Gasteiger partial charge is 0.133 e. The molecule has 1 aliphatic rings. The molecule has 2 aromatic rings. The summed E-state index contributed by atoms with van der Waals surface area (Å²) in [6.07, 6.45) is 4.64. The zero-order valence-corrected chi connectivity index (χ0v) is 12.8. The summed E-state index contributed by atoms with van der Waals surface area (Å²) in [5, 5.41) is 15.9. The molecule has 3 nitrogen and oxygen atoms in total. The van der Waals surface area contributed by atoms with Crippen LogP contribution >= 0.6 is 0 Å². The average Bonchev–Trinajstić information content (AvgIpc) is 2.43. The van der Waals surface area contributed by atoms with Crippen LogP contribution in [0.5, 0.6) is 0 Å². The molecule has 0 bridgehead atoms. The van der Waals surface area contributed by atoms with E-state index in [-0.39, 0.29) is 11.5 Å². The molecule has 0 saturated heterocycles. The van der Waals surface area contributed by atoms with E-state index in [2.05, 4.69) is 36.3 Å². The van der Waals surface area contributed by atoms with Crippen molar-refractivity contribution in [2.24, 2.45) is 11.3 Å². The first-order valence-electron chi connectivity index (χ1n) is 7.79.